The van der Waals surface area contributed by atoms with Crippen LogP contribution < -0.4 is 0 Å². The first-order chi connectivity index (χ1) is 9.95. The van der Waals surface area contributed by atoms with Gasteiger partial charge in [-0.05, 0) is 35.7 Å². The lowest BCUT2D eigenvalue weighted by atomic mass is 10.3. The zero-order chi connectivity index (χ0) is 15.0. The zero-order valence-electron chi connectivity index (χ0n) is 10.5. The van der Waals surface area contributed by atoms with Crippen molar-refractivity contribution in [1.82, 2.24) is 0 Å². The molecule has 3 heterocycles. The van der Waals surface area contributed by atoms with Crippen LogP contribution in [-0.2, 0) is 4.57 Å². The fraction of sp³-hybridized carbons (Fsp3) is 0.0769. The van der Waals surface area contributed by atoms with Gasteiger partial charge in [-0.15, -0.1) is 34.0 Å². The first-order valence-electron chi connectivity index (χ1n) is 5.92. The van der Waals surface area contributed by atoms with Crippen molar-refractivity contribution in [3.8, 4) is 19.5 Å². The predicted octanol–water partition coefficient (Wildman–Crippen LogP) is 4.37. The topological polar surface area (TPSA) is 77.8 Å². The molecule has 0 aliphatic heterocycles. The van der Waals surface area contributed by atoms with Crippen LogP contribution in [-0.4, -0.2) is 14.9 Å². The van der Waals surface area contributed by atoms with Crippen molar-refractivity contribution in [2.24, 2.45) is 0 Å². The number of rotatable bonds is 4. The standard InChI is InChI=1S/C13H11O4PS3/c14-13(18(15,16)17)12-6-5-11(21-12)10-4-3-9(20-10)8-2-1-7-19-8/h1-7,13-14H,(H2,15,16,17). The lowest BCUT2D eigenvalue weighted by molar-refractivity contribution is 0.208. The van der Waals surface area contributed by atoms with Crippen LogP contribution in [0.25, 0.3) is 19.5 Å². The van der Waals surface area contributed by atoms with Gasteiger partial charge in [-0.25, -0.2) is 0 Å². The minimum Gasteiger partial charge on any atom is -0.376 e. The molecule has 3 rings (SSSR count). The van der Waals surface area contributed by atoms with Gasteiger partial charge in [-0.1, -0.05) is 6.07 Å². The molecule has 0 aliphatic rings. The minimum atomic E-state index is -4.52. The summed E-state index contributed by atoms with van der Waals surface area (Å²) in [6, 6.07) is 11.4. The van der Waals surface area contributed by atoms with Crippen molar-refractivity contribution in [2.45, 2.75) is 5.85 Å². The Morgan fingerprint density at radius 1 is 0.905 bits per heavy atom. The number of aliphatic hydroxyl groups is 1. The maximum atomic E-state index is 11.1. The van der Waals surface area contributed by atoms with E-state index in [9.17, 15) is 9.67 Å². The van der Waals surface area contributed by atoms with E-state index in [1.165, 1.54) is 16.2 Å². The van der Waals surface area contributed by atoms with Gasteiger partial charge < -0.3 is 14.9 Å². The third-order valence-electron chi connectivity index (χ3n) is 2.81. The van der Waals surface area contributed by atoms with Gasteiger partial charge in [0, 0.05) is 24.4 Å². The summed E-state index contributed by atoms with van der Waals surface area (Å²) in [6.07, 6.45) is 0. The average Bonchev–Trinajstić information content (AvgIpc) is 3.16. The van der Waals surface area contributed by atoms with Crippen LogP contribution in [0.4, 0.5) is 0 Å². The summed E-state index contributed by atoms with van der Waals surface area (Å²) in [5, 5.41) is 11.6. The molecule has 0 radical (unpaired) electrons. The molecule has 110 valence electrons. The molecule has 3 N–H and O–H groups in total. The third-order valence-corrected chi connectivity index (χ3v) is 7.39. The lowest BCUT2D eigenvalue weighted by Gasteiger charge is -2.09. The summed E-state index contributed by atoms with van der Waals surface area (Å²) in [5.74, 6) is -1.74. The first-order valence-corrected chi connectivity index (χ1v) is 10.1. The molecule has 0 saturated carbocycles. The van der Waals surface area contributed by atoms with Gasteiger partial charge in [-0.3, -0.25) is 4.57 Å². The Labute approximate surface area is 133 Å². The highest BCUT2D eigenvalue weighted by Crippen LogP contribution is 2.52. The molecule has 1 unspecified atom stereocenters. The van der Waals surface area contributed by atoms with Crippen LogP contribution in [0, 0.1) is 0 Å². The van der Waals surface area contributed by atoms with E-state index in [0.29, 0.717) is 0 Å². The van der Waals surface area contributed by atoms with Crippen LogP contribution >= 0.6 is 41.6 Å². The maximum Gasteiger partial charge on any atom is 0.359 e. The van der Waals surface area contributed by atoms with Gasteiger partial charge in [0.1, 0.15) is 0 Å². The Morgan fingerprint density at radius 2 is 1.52 bits per heavy atom. The largest absolute Gasteiger partial charge is 0.376 e. The summed E-state index contributed by atoms with van der Waals surface area (Å²) >= 11 is 4.49. The van der Waals surface area contributed by atoms with E-state index in [4.69, 9.17) is 9.79 Å². The molecule has 8 heteroatoms. The second-order valence-electron chi connectivity index (χ2n) is 4.31. The van der Waals surface area contributed by atoms with E-state index in [1.54, 1.807) is 34.8 Å². The van der Waals surface area contributed by atoms with Crippen LogP contribution in [0.2, 0.25) is 0 Å². The zero-order valence-corrected chi connectivity index (χ0v) is 13.9. The Hall–Kier alpha value is -0.790. The molecule has 3 aromatic heterocycles. The number of hydrogen-bond acceptors (Lipinski definition) is 5. The SMILES string of the molecule is O=P(O)(O)C(O)c1ccc(-c2ccc(-c3cccs3)s2)s1. The molecule has 0 saturated heterocycles. The molecule has 4 nitrogen and oxygen atoms in total. The molecule has 1 atom stereocenters. The van der Waals surface area contributed by atoms with Gasteiger partial charge in [0.05, 0.1) is 0 Å². The number of hydrogen-bond donors (Lipinski definition) is 3. The average molecular weight is 358 g/mol. The van der Waals surface area contributed by atoms with Gasteiger partial charge in [0.2, 0.25) is 0 Å². The van der Waals surface area contributed by atoms with E-state index < -0.39 is 13.4 Å². The summed E-state index contributed by atoms with van der Waals surface area (Å²) in [5.41, 5.74) is 0. The highest BCUT2D eigenvalue weighted by molar-refractivity contribution is 7.52. The maximum absolute atomic E-state index is 11.1. The Bertz CT molecular complexity index is 784. The second-order valence-corrected chi connectivity index (χ2v) is 9.12. The molecule has 0 spiro atoms. The van der Waals surface area contributed by atoms with Gasteiger partial charge in [0.25, 0.3) is 0 Å². The van der Waals surface area contributed by atoms with Crippen molar-refractivity contribution < 1.29 is 19.5 Å². The Morgan fingerprint density at radius 3 is 2.14 bits per heavy atom. The number of aliphatic hydroxyl groups excluding tert-OH is 1. The molecular weight excluding hydrogens is 347 g/mol. The summed E-state index contributed by atoms with van der Waals surface area (Å²) < 4.78 is 11.1. The van der Waals surface area contributed by atoms with Crippen LogP contribution in [0.3, 0.4) is 0 Å². The molecule has 0 bridgehead atoms. The van der Waals surface area contributed by atoms with Gasteiger partial charge in [0.15, 0.2) is 5.85 Å². The van der Waals surface area contributed by atoms with E-state index in [-0.39, 0.29) is 4.88 Å². The number of thiophene rings is 3. The van der Waals surface area contributed by atoms with Crippen molar-refractivity contribution in [3.63, 3.8) is 0 Å². The first kappa shape index (κ1) is 15.1. The molecule has 0 fully saturated rings. The van der Waals surface area contributed by atoms with E-state index in [0.717, 1.165) is 14.6 Å². The van der Waals surface area contributed by atoms with Crippen LogP contribution in [0.15, 0.2) is 41.8 Å². The van der Waals surface area contributed by atoms with Crippen LogP contribution in [0.1, 0.15) is 10.7 Å². The van der Waals surface area contributed by atoms with Crippen molar-refractivity contribution in [2.75, 3.05) is 0 Å². The molecule has 0 aliphatic carbocycles. The van der Waals surface area contributed by atoms with Gasteiger partial charge >= 0.3 is 7.60 Å². The Balaban J connectivity index is 1.89. The minimum absolute atomic E-state index is 0.282. The van der Waals surface area contributed by atoms with Gasteiger partial charge in [-0.2, -0.15) is 0 Å². The fourth-order valence-electron chi connectivity index (χ4n) is 1.81. The highest BCUT2D eigenvalue weighted by Gasteiger charge is 2.29. The molecule has 3 aromatic rings. The predicted molar refractivity (Wildman–Crippen MR) is 87.9 cm³/mol. The van der Waals surface area contributed by atoms with Crippen molar-refractivity contribution in [3.05, 3.63) is 46.7 Å². The summed E-state index contributed by atoms with van der Waals surface area (Å²) in [6.45, 7) is 0. The molecular formula is C13H11O4PS3. The Kier molecular flexibility index (Phi) is 4.16. The monoisotopic (exact) mass is 358 g/mol. The van der Waals surface area contributed by atoms with E-state index >= 15 is 0 Å². The quantitative estimate of drug-likeness (QED) is 0.605. The normalized spacial score (nSPS) is 13.5. The summed E-state index contributed by atoms with van der Waals surface area (Å²) in [7, 11) is -4.52. The fourth-order valence-corrected chi connectivity index (χ4v) is 5.61. The molecule has 0 amide bonds. The van der Waals surface area contributed by atoms with E-state index in [1.807, 2.05) is 23.6 Å². The van der Waals surface area contributed by atoms with Crippen molar-refractivity contribution >= 4 is 41.6 Å². The van der Waals surface area contributed by atoms with Crippen molar-refractivity contribution in [1.29, 1.82) is 0 Å². The molecule has 0 aromatic carbocycles. The third kappa shape index (κ3) is 3.19. The second kappa shape index (κ2) is 5.78. The molecule has 21 heavy (non-hydrogen) atoms. The highest BCUT2D eigenvalue weighted by atomic mass is 32.1. The lowest BCUT2D eigenvalue weighted by Crippen LogP contribution is -1.94. The van der Waals surface area contributed by atoms with E-state index in [2.05, 4.69) is 6.07 Å². The summed E-state index contributed by atoms with van der Waals surface area (Å²) in [4.78, 5) is 22.6. The smallest absolute Gasteiger partial charge is 0.359 e. The van der Waals surface area contributed by atoms with Crippen LogP contribution in [0.5, 0.6) is 0 Å².